The number of rotatable bonds is 5. The normalized spacial score (nSPS) is 24.8. The molecule has 2 aliphatic carbocycles. The zero-order chi connectivity index (χ0) is 24.6. The third-order valence-electron chi connectivity index (χ3n) is 6.04. The smallest absolute Gasteiger partial charge is 0.309 e. The van der Waals surface area contributed by atoms with Crippen molar-refractivity contribution in [2.75, 3.05) is 0 Å². The number of sulfone groups is 1. The number of nitrogens with zero attached hydrogens (tertiary/aromatic N) is 1. The van der Waals surface area contributed by atoms with Crippen LogP contribution in [0.2, 0.25) is 5.02 Å². The lowest BCUT2D eigenvalue weighted by atomic mass is 9.97. The van der Waals surface area contributed by atoms with Gasteiger partial charge in [-0.25, -0.2) is 12.8 Å². The summed E-state index contributed by atoms with van der Waals surface area (Å²) in [6, 6.07) is 5.12. The van der Waals surface area contributed by atoms with Crippen LogP contribution in [-0.2, 0) is 24.2 Å². The summed E-state index contributed by atoms with van der Waals surface area (Å²) in [4.78, 5) is 25.5. The van der Waals surface area contributed by atoms with Crippen LogP contribution in [0.5, 0.6) is 0 Å². The molecule has 33 heavy (non-hydrogen) atoms. The number of hydrogen-bond acceptors (Lipinski definition) is 6. The molecular formula is C23H28ClFN2O5S. The zero-order valence-corrected chi connectivity index (χ0v) is 20.4. The minimum atomic E-state index is -4.09. The summed E-state index contributed by atoms with van der Waals surface area (Å²) in [5.41, 5.74) is -1.64. The maximum Gasteiger partial charge on any atom is 0.309 e. The van der Waals surface area contributed by atoms with Crippen molar-refractivity contribution in [2.24, 2.45) is 11.8 Å². The van der Waals surface area contributed by atoms with Crippen LogP contribution in [0.3, 0.4) is 0 Å². The van der Waals surface area contributed by atoms with Gasteiger partial charge in [-0.2, -0.15) is 5.26 Å². The average Bonchev–Trinajstić information content (AvgIpc) is 3.49. The fourth-order valence-corrected chi connectivity index (χ4v) is 6.48. The summed E-state index contributed by atoms with van der Waals surface area (Å²) in [7, 11) is -4.09. The van der Waals surface area contributed by atoms with E-state index in [1.807, 2.05) is 0 Å². The summed E-state index contributed by atoms with van der Waals surface area (Å²) in [5, 5.41) is 10.7. The van der Waals surface area contributed by atoms with Crippen LogP contribution in [0.4, 0.5) is 4.39 Å². The molecule has 0 aromatic heterocycles. The fourth-order valence-electron chi connectivity index (χ4n) is 4.07. The van der Waals surface area contributed by atoms with E-state index in [2.05, 4.69) is 11.4 Å². The Morgan fingerprint density at radius 1 is 1.21 bits per heavy atom. The van der Waals surface area contributed by atoms with Gasteiger partial charge < -0.3 is 10.1 Å². The molecule has 2 aliphatic rings. The molecule has 2 fully saturated rings. The summed E-state index contributed by atoms with van der Waals surface area (Å²) >= 11 is 6.05. The molecule has 7 nitrogen and oxygen atoms in total. The minimum Gasteiger partial charge on any atom is -0.460 e. The SMILES string of the molecule is CC(C)(C)OC(=O)C1CC[C@H](C(=O)NC2(C#N)CC2)C[C@@H](S(=O)(=O)c2ccc(F)cc2Cl)C1. The molecule has 3 rings (SSSR count). The van der Waals surface area contributed by atoms with Gasteiger partial charge in [-0.15, -0.1) is 0 Å². The molecule has 0 spiro atoms. The second-order valence-electron chi connectivity index (χ2n) is 9.90. The van der Waals surface area contributed by atoms with Gasteiger partial charge in [-0.05, 0) is 77.5 Å². The molecule has 0 saturated heterocycles. The van der Waals surface area contributed by atoms with Gasteiger partial charge in [0.1, 0.15) is 17.0 Å². The van der Waals surface area contributed by atoms with Gasteiger partial charge in [0, 0.05) is 5.92 Å². The number of nitrogens with one attached hydrogen (secondary N) is 1. The Morgan fingerprint density at radius 2 is 1.82 bits per heavy atom. The first-order chi connectivity index (χ1) is 15.3. The van der Waals surface area contributed by atoms with Crippen LogP contribution >= 0.6 is 11.6 Å². The molecule has 0 aliphatic heterocycles. The van der Waals surface area contributed by atoms with Crippen LogP contribution in [0.1, 0.15) is 59.3 Å². The van der Waals surface area contributed by atoms with Crippen LogP contribution in [-0.4, -0.2) is 36.7 Å². The number of esters is 1. The molecule has 180 valence electrons. The Morgan fingerprint density at radius 3 is 2.36 bits per heavy atom. The summed E-state index contributed by atoms with van der Waals surface area (Å²) < 4.78 is 46.0. The molecule has 10 heteroatoms. The third kappa shape index (κ3) is 6.04. The predicted molar refractivity (Wildman–Crippen MR) is 119 cm³/mol. The minimum absolute atomic E-state index is 0.0390. The first kappa shape index (κ1) is 25.4. The van der Waals surface area contributed by atoms with E-state index in [1.165, 1.54) is 0 Å². The number of ether oxygens (including phenoxy) is 1. The number of nitriles is 1. The molecule has 1 aromatic carbocycles. The first-order valence-electron chi connectivity index (χ1n) is 10.9. The number of benzene rings is 1. The van der Waals surface area contributed by atoms with E-state index in [1.54, 1.807) is 20.8 Å². The van der Waals surface area contributed by atoms with Crippen molar-refractivity contribution in [3.8, 4) is 6.07 Å². The maximum absolute atomic E-state index is 13.5. The molecule has 0 bridgehead atoms. The van der Waals surface area contributed by atoms with Crippen molar-refractivity contribution in [2.45, 2.75) is 80.6 Å². The van der Waals surface area contributed by atoms with Crippen molar-refractivity contribution in [1.29, 1.82) is 5.26 Å². The highest BCUT2D eigenvalue weighted by molar-refractivity contribution is 7.92. The number of carbonyl (C=O) groups excluding carboxylic acids is 2. The Balaban J connectivity index is 1.92. The fraction of sp³-hybridized carbons (Fsp3) is 0.609. The molecule has 2 saturated carbocycles. The van der Waals surface area contributed by atoms with Crippen molar-refractivity contribution >= 4 is 33.3 Å². The number of hydrogen-bond donors (Lipinski definition) is 1. The molecule has 0 radical (unpaired) electrons. The van der Waals surface area contributed by atoms with E-state index < -0.39 is 55.8 Å². The number of halogens is 2. The predicted octanol–water partition coefficient (Wildman–Crippen LogP) is 3.94. The van der Waals surface area contributed by atoms with Crippen LogP contribution < -0.4 is 5.32 Å². The van der Waals surface area contributed by atoms with Crippen LogP contribution in [0.25, 0.3) is 0 Å². The van der Waals surface area contributed by atoms with Crippen molar-refractivity contribution < 1.29 is 27.1 Å². The second kappa shape index (κ2) is 9.22. The van der Waals surface area contributed by atoms with Gasteiger partial charge in [0.15, 0.2) is 9.84 Å². The van der Waals surface area contributed by atoms with E-state index in [9.17, 15) is 27.7 Å². The van der Waals surface area contributed by atoms with Crippen molar-refractivity contribution in [3.63, 3.8) is 0 Å². The highest BCUT2D eigenvalue weighted by Gasteiger charge is 2.47. The molecule has 1 aromatic rings. The number of amides is 1. The van der Waals surface area contributed by atoms with E-state index in [-0.39, 0.29) is 35.6 Å². The monoisotopic (exact) mass is 498 g/mol. The summed E-state index contributed by atoms with van der Waals surface area (Å²) in [6.07, 6.45) is 1.57. The third-order valence-corrected chi connectivity index (χ3v) is 8.69. The maximum atomic E-state index is 13.5. The van der Waals surface area contributed by atoms with Gasteiger partial charge in [0.05, 0.1) is 27.2 Å². The number of carbonyl (C=O) groups is 2. The zero-order valence-electron chi connectivity index (χ0n) is 18.9. The molecule has 1 N–H and O–H groups in total. The van der Waals surface area contributed by atoms with E-state index in [4.69, 9.17) is 16.3 Å². The standard InChI is InChI=1S/C23H28ClFN2O5S/c1-22(2,3)32-21(29)15-5-4-14(20(28)27-23(13-26)8-9-23)10-17(11-15)33(30,31)19-7-6-16(25)12-18(19)24/h6-7,12,14-15,17H,4-5,8-11H2,1-3H3,(H,27,28)/t14-,15?,17+/m0/s1. The van der Waals surface area contributed by atoms with Crippen molar-refractivity contribution in [1.82, 2.24) is 5.32 Å². The lowest BCUT2D eigenvalue weighted by Gasteiger charge is -2.25. The Kier molecular flexibility index (Phi) is 7.11. The Labute approximate surface area is 198 Å². The molecule has 1 unspecified atom stereocenters. The van der Waals surface area contributed by atoms with Gasteiger partial charge in [0.2, 0.25) is 5.91 Å². The quantitative estimate of drug-likeness (QED) is 0.373. The Bertz CT molecular complexity index is 1090. The van der Waals surface area contributed by atoms with E-state index in [0.717, 1.165) is 18.2 Å². The largest absolute Gasteiger partial charge is 0.460 e. The van der Waals surface area contributed by atoms with Gasteiger partial charge in [-0.3, -0.25) is 9.59 Å². The van der Waals surface area contributed by atoms with E-state index >= 15 is 0 Å². The summed E-state index contributed by atoms with van der Waals surface area (Å²) in [6.45, 7) is 5.17. The first-order valence-corrected chi connectivity index (χ1v) is 12.8. The average molecular weight is 499 g/mol. The van der Waals surface area contributed by atoms with Crippen molar-refractivity contribution in [3.05, 3.63) is 29.0 Å². The van der Waals surface area contributed by atoms with Crippen LogP contribution in [0, 0.1) is 29.0 Å². The van der Waals surface area contributed by atoms with E-state index in [0.29, 0.717) is 12.8 Å². The summed E-state index contributed by atoms with van der Waals surface area (Å²) in [5.74, 6) is -3.03. The Hall–Kier alpha value is -2.18. The lowest BCUT2D eigenvalue weighted by molar-refractivity contribution is -0.160. The van der Waals surface area contributed by atoms with Gasteiger partial charge in [-0.1, -0.05) is 11.6 Å². The van der Waals surface area contributed by atoms with Gasteiger partial charge in [0.25, 0.3) is 0 Å². The molecular weight excluding hydrogens is 471 g/mol. The molecule has 1 amide bonds. The highest BCUT2D eigenvalue weighted by Crippen LogP contribution is 2.39. The lowest BCUT2D eigenvalue weighted by Crippen LogP contribution is -2.41. The van der Waals surface area contributed by atoms with Gasteiger partial charge >= 0.3 is 5.97 Å². The topological polar surface area (TPSA) is 113 Å². The molecule has 3 atom stereocenters. The van der Waals surface area contributed by atoms with Crippen LogP contribution in [0.15, 0.2) is 23.1 Å². The second-order valence-corrected chi connectivity index (χ2v) is 12.5. The molecule has 0 heterocycles. The highest BCUT2D eigenvalue weighted by atomic mass is 35.5.